The highest BCUT2D eigenvalue weighted by molar-refractivity contribution is 6.33. The summed E-state index contributed by atoms with van der Waals surface area (Å²) in [7, 11) is 0. The Morgan fingerprint density at radius 3 is 2.38 bits per heavy atom. The Bertz CT molecular complexity index is 898. The van der Waals surface area contributed by atoms with Crippen LogP contribution in [0, 0.1) is 10.1 Å². The van der Waals surface area contributed by atoms with Crippen LogP contribution in [0.4, 0.5) is 11.4 Å². The summed E-state index contributed by atoms with van der Waals surface area (Å²) in [5.41, 5.74) is 2.79. The van der Waals surface area contributed by atoms with Gasteiger partial charge in [-0.2, -0.15) is 0 Å². The van der Waals surface area contributed by atoms with Crippen LogP contribution in [-0.2, 0) is 13.2 Å². The molecule has 6 heteroatoms. The number of ether oxygens (including phenoxy) is 1. The van der Waals surface area contributed by atoms with E-state index in [-0.39, 0.29) is 5.69 Å². The maximum absolute atomic E-state index is 10.7. The Labute approximate surface area is 156 Å². The summed E-state index contributed by atoms with van der Waals surface area (Å²) < 4.78 is 5.90. The minimum Gasteiger partial charge on any atom is -0.489 e. The van der Waals surface area contributed by atoms with Crippen molar-refractivity contribution in [2.75, 3.05) is 5.32 Å². The van der Waals surface area contributed by atoms with E-state index in [2.05, 4.69) is 5.32 Å². The Kier molecular flexibility index (Phi) is 5.71. The van der Waals surface area contributed by atoms with E-state index in [1.165, 1.54) is 12.1 Å². The molecule has 5 nitrogen and oxygen atoms in total. The molecular weight excluding hydrogens is 352 g/mol. The number of anilines is 1. The maximum Gasteiger partial charge on any atom is 0.269 e. The van der Waals surface area contributed by atoms with Gasteiger partial charge < -0.3 is 10.1 Å². The van der Waals surface area contributed by atoms with Gasteiger partial charge in [-0.05, 0) is 35.9 Å². The van der Waals surface area contributed by atoms with Crippen molar-refractivity contribution in [1.82, 2.24) is 0 Å². The van der Waals surface area contributed by atoms with Gasteiger partial charge >= 0.3 is 0 Å². The maximum atomic E-state index is 10.7. The van der Waals surface area contributed by atoms with E-state index in [4.69, 9.17) is 16.3 Å². The van der Waals surface area contributed by atoms with Crippen molar-refractivity contribution in [2.45, 2.75) is 13.2 Å². The highest BCUT2D eigenvalue weighted by atomic mass is 35.5. The number of benzene rings is 3. The quantitative estimate of drug-likeness (QED) is 0.445. The summed E-state index contributed by atoms with van der Waals surface area (Å²) in [6.07, 6.45) is 0. The largest absolute Gasteiger partial charge is 0.489 e. The van der Waals surface area contributed by atoms with E-state index in [1.807, 2.05) is 48.5 Å². The third kappa shape index (κ3) is 4.52. The van der Waals surface area contributed by atoms with Gasteiger partial charge in [0.25, 0.3) is 5.69 Å². The van der Waals surface area contributed by atoms with Crippen molar-refractivity contribution in [3.8, 4) is 5.75 Å². The lowest BCUT2D eigenvalue weighted by Crippen LogP contribution is -2.04. The molecule has 0 spiro atoms. The lowest BCUT2D eigenvalue weighted by molar-refractivity contribution is -0.384. The normalized spacial score (nSPS) is 10.3. The predicted molar refractivity (Wildman–Crippen MR) is 103 cm³/mol. The van der Waals surface area contributed by atoms with Crippen LogP contribution < -0.4 is 10.1 Å². The van der Waals surface area contributed by atoms with Crippen LogP contribution in [0.15, 0.2) is 72.8 Å². The van der Waals surface area contributed by atoms with Gasteiger partial charge in [0.15, 0.2) is 0 Å². The van der Waals surface area contributed by atoms with E-state index in [1.54, 1.807) is 12.1 Å². The van der Waals surface area contributed by atoms with E-state index < -0.39 is 4.92 Å². The molecule has 0 heterocycles. The van der Waals surface area contributed by atoms with Crippen molar-refractivity contribution in [3.05, 3.63) is 99.1 Å². The highest BCUT2D eigenvalue weighted by Gasteiger charge is 2.07. The summed E-state index contributed by atoms with van der Waals surface area (Å²) in [5, 5.41) is 14.7. The summed E-state index contributed by atoms with van der Waals surface area (Å²) in [5.74, 6) is 0.755. The number of nitrogens with zero attached hydrogens (tertiary/aromatic N) is 1. The van der Waals surface area contributed by atoms with Crippen LogP contribution in [0.2, 0.25) is 5.02 Å². The van der Waals surface area contributed by atoms with Gasteiger partial charge in [0.05, 0.1) is 15.6 Å². The molecule has 3 aromatic rings. The first-order chi connectivity index (χ1) is 12.6. The molecule has 1 N–H and O–H groups in total. The fourth-order valence-electron chi connectivity index (χ4n) is 2.46. The molecule has 0 amide bonds. The van der Waals surface area contributed by atoms with Crippen molar-refractivity contribution in [3.63, 3.8) is 0 Å². The molecule has 0 saturated heterocycles. The number of para-hydroxylation sites is 2. The monoisotopic (exact) mass is 368 g/mol. The molecule has 0 aliphatic heterocycles. The number of rotatable bonds is 7. The number of non-ortho nitro benzene ring substituents is 1. The van der Waals surface area contributed by atoms with Crippen molar-refractivity contribution >= 4 is 23.0 Å². The first-order valence-corrected chi connectivity index (χ1v) is 8.44. The molecule has 0 unspecified atom stereocenters. The minimum atomic E-state index is -0.416. The summed E-state index contributed by atoms with van der Waals surface area (Å²) in [6.45, 7) is 0.904. The molecular formula is C20H17ClN2O3. The van der Waals surface area contributed by atoms with Crippen LogP contribution in [0.5, 0.6) is 5.75 Å². The minimum absolute atomic E-state index is 0.0677. The van der Waals surface area contributed by atoms with Crippen LogP contribution in [0.1, 0.15) is 11.1 Å². The third-order valence-corrected chi connectivity index (χ3v) is 4.19. The molecule has 0 saturated carbocycles. The topological polar surface area (TPSA) is 64.4 Å². The van der Waals surface area contributed by atoms with E-state index in [0.29, 0.717) is 18.2 Å². The van der Waals surface area contributed by atoms with Gasteiger partial charge in [-0.15, -0.1) is 0 Å². The fourth-order valence-corrected chi connectivity index (χ4v) is 2.66. The van der Waals surface area contributed by atoms with Crippen LogP contribution in [0.3, 0.4) is 0 Å². The van der Waals surface area contributed by atoms with Crippen LogP contribution >= 0.6 is 11.6 Å². The van der Waals surface area contributed by atoms with Gasteiger partial charge in [0.2, 0.25) is 0 Å². The predicted octanol–water partition coefficient (Wildman–Crippen LogP) is 5.44. The number of hydrogen-bond acceptors (Lipinski definition) is 4. The molecule has 0 aromatic heterocycles. The second-order valence-corrected chi connectivity index (χ2v) is 6.06. The van der Waals surface area contributed by atoms with Crippen molar-refractivity contribution in [2.24, 2.45) is 0 Å². The summed E-state index contributed by atoms with van der Waals surface area (Å²) in [6, 6.07) is 21.6. The van der Waals surface area contributed by atoms with Crippen LogP contribution in [-0.4, -0.2) is 4.92 Å². The molecule has 0 atom stereocenters. The molecule has 0 fully saturated rings. The Morgan fingerprint density at radius 2 is 1.65 bits per heavy atom. The van der Waals surface area contributed by atoms with Crippen molar-refractivity contribution in [1.29, 1.82) is 0 Å². The zero-order valence-electron chi connectivity index (χ0n) is 13.9. The van der Waals surface area contributed by atoms with E-state index >= 15 is 0 Å². The second-order valence-electron chi connectivity index (χ2n) is 5.65. The molecule has 3 aromatic carbocycles. The lowest BCUT2D eigenvalue weighted by atomic mass is 10.2. The number of nitrogens with one attached hydrogen (secondary N) is 1. The standard InChI is InChI=1S/C20H17ClN2O3/c21-18-6-2-3-7-19(18)22-13-16-5-1-4-8-20(16)26-14-15-9-11-17(12-10-15)23(24)25/h1-12,22H,13-14H2. The Hall–Kier alpha value is -3.05. The van der Waals surface area contributed by atoms with Crippen LogP contribution in [0.25, 0.3) is 0 Å². The molecule has 0 aliphatic rings. The third-order valence-electron chi connectivity index (χ3n) is 3.86. The average molecular weight is 369 g/mol. The van der Waals surface area contributed by atoms with E-state index in [9.17, 15) is 10.1 Å². The zero-order chi connectivity index (χ0) is 18.4. The first kappa shape index (κ1) is 17.8. The van der Waals surface area contributed by atoms with Gasteiger partial charge in [-0.3, -0.25) is 10.1 Å². The molecule has 0 bridgehead atoms. The van der Waals surface area contributed by atoms with Crippen molar-refractivity contribution < 1.29 is 9.66 Å². The number of hydrogen-bond donors (Lipinski definition) is 1. The Morgan fingerprint density at radius 1 is 0.962 bits per heavy atom. The summed E-state index contributed by atoms with van der Waals surface area (Å²) >= 11 is 6.16. The highest BCUT2D eigenvalue weighted by Crippen LogP contribution is 2.24. The van der Waals surface area contributed by atoms with Gasteiger partial charge in [-0.25, -0.2) is 0 Å². The SMILES string of the molecule is O=[N+]([O-])c1ccc(COc2ccccc2CNc2ccccc2Cl)cc1. The molecule has 0 aliphatic carbocycles. The molecule has 0 radical (unpaired) electrons. The second kappa shape index (κ2) is 8.36. The fraction of sp³-hybridized carbons (Fsp3) is 0.100. The number of nitro groups is 1. The molecule has 3 rings (SSSR count). The van der Waals surface area contributed by atoms with Gasteiger partial charge in [0.1, 0.15) is 12.4 Å². The Balaban J connectivity index is 1.65. The molecule has 26 heavy (non-hydrogen) atoms. The smallest absolute Gasteiger partial charge is 0.269 e. The number of nitro benzene ring substituents is 1. The first-order valence-electron chi connectivity index (χ1n) is 8.06. The van der Waals surface area contributed by atoms with Gasteiger partial charge in [0, 0.05) is 24.2 Å². The zero-order valence-corrected chi connectivity index (χ0v) is 14.6. The van der Waals surface area contributed by atoms with E-state index in [0.717, 1.165) is 22.6 Å². The average Bonchev–Trinajstić information content (AvgIpc) is 2.66. The number of halogens is 1. The lowest BCUT2D eigenvalue weighted by Gasteiger charge is -2.13. The summed E-state index contributed by atoms with van der Waals surface area (Å²) in [4.78, 5) is 10.3. The molecule has 132 valence electrons. The van der Waals surface area contributed by atoms with Gasteiger partial charge in [-0.1, -0.05) is 41.9 Å².